The number of carbonyl (C=O) groups is 1. The van der Waals surface area contributed by atoms with Crippen molar-refractivity contribution in [2.45, 2.75) is 26.5 Å². The monoisotopic (exact) mass is 363 g/mol. The van der Waals surface area contributed by atoms with Gasteiger partial charge in [-0.2, -0.15) is 0 Å². The number of hydrogen-bond donors (Lipinski definition) is 2. The predicted octanol–water partition coefficient (Wildman–Crippen LogP) is 3.52. The minimum absolute atomic E-state index is 0.00742. The Kier molecular flexibility index (Phi) is 5.94. The van der Waals surface area contributed by atoms with E-state index in [0.29, 0.717) is 23.8 Å². The van der Waals surface area contributed by atoms with Gasteiger partial charge in [0.25, 0.3) is 5.91 Å². The first-order valence-electron chi connectivity index (χ1n) is 8.65. The van der Waals surface area contributed by atoms with Crippen LogP contribution in [0.15, 0.2) is 60.9 Å². The van der Waals surface area contributed by atoms with E-state index in [1.54, 1.807) is 30.6 Å². The molecule has 7 nitrogen and oxygen atoms in total. The van der Waals surface area contributed by atoms with Gasteiger partial charge in [-0.3, -0.25) is 9.78 Å². The molecule has 0 bridgehead atoms. The van der Waals surface area contributed by atoms with Crippen LogP contribution < -0.4 is 15.4 Å². The number of para-hydroxylation sites is 2. The van der Waals surface area contributed by atoms with E-state index in [1.807, 2.05) is 44.2 Å². The van der Waals surface area contributed by atoms with Gasteiger partial charge in [0.15, 0.2) is 5.69 Å². The molecule has 0 saturated heterocycles. The maximum absolute atomic E-state index is 12.4. The number of rotatable bonds is 7. The molecule has 2 heterocycles. The molecule has 0 aliphatic carbocycles. The van der Waals surface area contributed by atoms with Crippen LogP contribution in [0.4, 0.5) is 11.5 Å². The van der Waals surface area contributed by atoms with Crippen LogP contribution in [-0.2, 0) is 6.54 Å². The number of ether oxygens (including phenoxy) is 1. The number of pyridine rings is 1. The Morgan fingerprint density at radius 3 is 2.63 bits per heavy atom. The van der Waals surface area contributed by atoms with E-state index in [2.05, 4.69) is 25.8 Å². The molecule has 0 fully saturated rings. The van der Waals surface area contributed by atoms with Crippen molar-refractivity contribution in [1.29, 1.82) is 0 Å². The zero-order valence-corrected chi connectivity index (χ0v) is 15.2. The quantitative estimate of drug-likeness (QED) is 0.668. The van der Waals surface area contributed by atoms with E-state index < -0.39 is 0 Å². The highest BCUT2D eigenvalue weighted by molar-refractivity contribution is 6.03. The summed E-state index contributed by atoms with van der Waals surface area (Å²) in [6, 6.07) is 14.5. The van der Waals surface area contributed by atoms with Gasteiger partial charge in [-0.15, -0.1) is 10.2 Å². The molecule has 0 radical (unpaired) electrons. The summed E-state index contributed by atoms with van der Waals surface area (Å²) in [4.78, 5) is 16.5. The van der Waals surface area contributed by atoms with Gasteiger partial charge >= 0.3 is 0 Å². The van der Waals surface area contributed by atoms with Crippen molar-refractivity contribution in [3.63, 3.8) is 0 Å². The van der Waals surface area contributed by atoms with E-state index in [4.69, 9.17) is 4.74 Å². The highest BCUT2D eigenvalue weighted by atomic mass is 16.5. The summed E-state index contributed by atoms with van der Waals surface area (Å²) in [6.45, 7) is 4.44. The number of aromatic nitrogens is 3. The maximum Gasteiger partial charge on any atom is 0.276 e. The number of benzene rings is 1. The molecule has 0 aliphatic heterocycles. The number of anilines is 2. The van der Waals surface area contributed by atoms with Crippen molar-refractivity contribution in [2.75, 3.05) is 10.6 Å². The van der Waals surface area contributed by atoms with Crippen molar-refractivity contribution in [3.05, 3.63) is 72.2 Å². The van der Waals surface area contributed by atoms with Crippen LogP contribution in [0, 0.1) is 0 Å². The van der Waals surface area contributed by atoms with Crippen LogP contribution in [-0.4, -0.2) is 27.2 Å². The van der Waals surface area contributed by atoms with E-state index in [1.165, 1.54) is 0 Å². The second-order valence-electron chi connectivity index (χ2n) is 6.14. The fraction of sp³-hybridized carbons (Fsp3) is 0.200. The zero-order valence-electron chi connectivity index (χ0n) is 15.2. The molecule has 0 atom stereocenters. The molecule has 1 aromatic carbocycles. The van der Waals surface area contributed by atoms with Crippen molar-refractivity contribution in [1.82, 2.24) is 15.2 Å². The molecule has 3 rings (SSSR count). The molecule has 1 amide bonds. The highest BCUT2D eigenvalue weighted by Gasteiger charge is 2.12. The molecule has 27 heavy (non-hydrogen) atoms. The Bertz CT molecular complexity index is 882. The van der Waals surface area contributed by atoms with E-state index in [9.17, 15) is 4.79 Å². The topological polar surface area (TPSA) is 89.0 Å². The van der Waals surface area contributed by atoms with Gasteiger partial charge in [0.1, 0.15) is 11.6 Å². The smallest absolute Gasteiger partial charge is 0.276 e. The molecule has 7 heteroatoms. The highest BCUT2D eigenvalue weighted by Crippen LogP contribution is 2.25. The molecule has 2 aromatic heterocycles. The average Bonchev–Trinajstić information content (AvgIpc) is 2.69. The van der Waals surface area contributed by atoms with E-state index in [-0.39, 0.29) is 17.7 Å². The average molecular weight is 363 g/mol. The number of amides is 1. The summed E-state index contributed by atoms with van der Waals surface area (Å²) in [6.07, 6.45) is 3.51. The molecular formula is C20H21N5O2. The van der Waals surface area contributed by atoms with Gasteiger partial charge in [-0.05, 0) is 49.7 Å². The lowest BCUT2D eigenvalue weighted by atomic mass is 10.2. The second-order valence-corrected chi connectivity index (χ2v) is 6.14. The van der Waals surface area contributed by atoms with Gasteiger partial charge in [-0.1, -0.05) is 18.2 Å². The molecule has 138 valence electrons. The molecule has 2 N–H and O–H groups in total. The maximum atomic E-state index is 12.4. The molecule has 0 aliphatic rings. The van der Waals surface area contributed by atoms with Gasteiger partial charge in [0.2, 0.25) is 0 Å². The van der Waals surface area contributed by atoms with Crippen LogP contribution in [0.25, 0.3) is 0 Å². The SMILES string of the molecule is CC(C)Oc1ccccc1NC(=O)c1ccc(NCc2cccnc2)nn1. The third-order valence-corrected chi connectivity index (χ3v) is 3.59. The minimum atomic E-state index is -0.346. The Hall–Kier alpha value is -3.48. The third-order valence-electron chi connectivity index (χ3n) is 3.59. The summed E-state index contributed by atoms with van der Waals surface area (Å²) in [5.74, 6) is 0.851. The van der Waals surface area contributed by atoms with Gasteiger partial charge in [-0.25, -0.2) is 0 Å². The number of nitrogens with one attached hydrogen (secondary N) is 2. The van der Waals surface area contributed by atoms with Crippen LogP contribution in [0.2, 0.25) is 0 Å². The number of nitrogens with zero attached hydrogens (tertiary/aromatic N) is 3. The lowest BCUT2D eigenvalue weighted by Gasteiger charge is -2.14. The lowest BCUT2D eigenvalue weighted by molar-refractivity contribution is 0.102. The molecule has 0 unspecified atom stereocenters. The number of hydrogen-bond acceptors (Lipinski definition) is 6. The Labute approximate surface area is 157 Å². The Morgan fingerprint density at radius 2 is 1.93 bits per heavy atom. The third kappa shape index (κ3) is 5.24. The summed E-state index contributed by atoms with van der Waals surface area (Å²) in [7, 11) is 0. The van der Waals surface area contributed by atoms with Crippen LogP contribution in [0.5, 0.6) is 5.75 Å². The van der Waals surface area contributed by atoms with Gasteiger partial charge in [0.05, 0.1) is 11.8 Å². The van der Waals surface area contributed by atoms with E-state index in [0.717, 1.165) is 5.56 Å². The minimum Gasteiger partial charge on any atom is -0.489 e. The first-order valence-corrected chi connectivity index (χ1v) is 8.65. The van der Waals surface area contributed by atoms with Crippen LogP contribution in [0.3, 0.4) is 0 Å². The Morgan fingerprint density at radius 1 is 1.07 bits per heavy atom. The van der Waals surface area contributed by atoms with Gasteiger partial charge < -0.3 is 15.4 Å². The summed E-state index contributed by atoms with van der Waals surface area (Å²) in [5.41, 5.74) is 1.85. The van der Waals surface area contributed by atoms with Crippen molar-refractivity contribution < 1.29 is 9.53 Å². The van der Waals surface area contributed by atoms with Crippen molar-refractivity contribution in [3.8, 4) is 5.75 Å². The summed E-state index contributed by atoms with van der Waals surface area (Å²) < 4.78 is 5.71. The summed E-state index contributed by atoms with van der Waals surface area (Å²) >= 11 is 0. The largest absolute Gasteiger partial charge is 0.489 e. The Balaban J connectivity index is 1.62. The molecule has 0 spiro atoms. The van der Waals surface area contributed by atoms with Crippen LogP contribution >= 0.6 is 0 Å². The normalized spacial score (nSPS) is 10.5. The van der Waals surface area contributed by atoms with E-state index >= 15 is 0 Å². The first-order chi connectivity index (χ1) is 13.1. The van der Waals surface area contributed by atoms with Crippen molar-refractivity contribution in [2.24, 2.45) is 0 Å². The predicted molar refractivity (Wildman–Crippen MR) is 104 cm³/mol. The standard InChI is InChI=1S/C20H21N5O2/c1-14(2)27-18-8-4-3-7-16(18)23-20(26)17-9-10-19(25-24-17)22-13-15-6-5-11-21-12-15/h3-12,14H,13H2,1-2H3,(H,22,25)(H,23,26). The molecular weight excluding hydrogens is 342 g/mol. The lowest BCUT2D eigenvalue weighted by Crippen LogP contribution is -2.16. The van der Waals surface area contributed by atoms with Crippen LogP contribution in [0.1, 0.15) is 29.9 Å². The molecule has 3 aromatic rings. The molecule has 0 saturated carbocycles. The fourth-order valence-corrected chi connectivity index (χ4v) is 2.36. The fourth-order valence-electron chi connectivity index (χ4n) is 2.36. The summed E-state index contributed by atoms with van der Waals surface area (Å²) in [5, 5.41) is 14.0. The first kappa shape index (κ1) is 18.3. The van der Waals surface area contributed by atoms with Gasteiger partial charge in [0, 0.05) is 18.9 Å². The number of carbonyl (C=O) groups excluding carboxylic acids is 1. The second kappa shape index (κ2) is 8.75. The zero-order chi connectivity index (χ0) is 19.1. The van der Waals surface area contributed by atoms with Crippen molar-refractivity contribution >= 4 is 17.4 Å².